The Morgan fingerprint density at radius 1 is 1.50 bits per heavy atom. The highest BCUT2D eigenvalue weighted by Gasteiger charge is 2.25. The highest BCUT2D eigenvalue weighted by molar-refractivity contribution is 8.00. The minimum atomic E-state index is -0.252. The third kappa shape index (κ3) is 3.75. The van der Waals surface area contributed by atoms with E-state index in [9.17, 15) is 4.79 Å². The van der Waals surface area contributed by atoms with Crippen LogP contribution in [0.1, 0.15) is 50.5 Å². The van der Waals surface area contributed by atoms with E-state index >= 15 is 0 Å². The Labute approximate surface area is 151 Å². The van der Waals surface area contributed by atoms with Crippen molar-refractivity contribution in [3.05, 3.63) is 16.8 Å². The zero-order valence-corrected chi connectivity index (χ0v) is 16.1. The number of hydrogen-bond donors (Lipinski definition) is 0. The lowest BCUT2D eigenvalue weighted by molar-refractivity contribution is -0.142. The molecule has 0 N–H and O–H groups in total. The van der Waals surface area contributed by atoms with Crippen LogP contribution in [0.2, 0.25) is 0 Å². The van der Waals surface area contributed by atoms with Crippen molar-refractivity contribution in [1.82, 2.24) is 9.97 Å². The van der Waals surface area contributed by atoms with E-state index in [4.69, 9.17) is 4.74 Å². The zero-order valence-electron chi connectivity index (χ0n) is 14.5. The number of aryl methyl sites for hydroxylation is 1. The summed E-state index contributed by atoms with van der Waals surface area (Å²) in [4.78, 5) is 23.6. The van der Waals surface area contributed by atoms with E-state index in [1.54, 1.807) is 17.7 Å². The molecule has 130 valence electrons. The lowest BCUT2D eigenvalue weighted by Gasteiger charge is -2.18. The molecule has 0 aliphatic heterocycles. The lowest BCUT2D eigenvalue weighted by Crippen LogP contribution is -2.17. The molecule has 1 aliphatic carbocycles. The Morgan fingerprint density at radius 3 is 3.12 bits per heavy atom. The molecule has 2 aromatic heterocycles. The molecule has 2 heterocycles. The summed E-state index contributed by atoms with van der Waals surface area (Å²) in [5, 5.41) is 1.84. The molecule has 1 aliphatic rings. The minimum Gasteiger partial charge on any atom is -0.465 e. The molecule has 2 atom stereocenters. The highest BCUT2D eigenvalue weighted by Crippen LogP contribution is 2.41. The summed E-state index contributed by atoms with van der Waals surface area (Å²) in [7, 11) is 0. The van der Waals surface area contributed by atoms with Gasteiger partial charge in [0.2, 0.25) is 0 Å². The number of rotatable bonds is 6. The van der Waals surface area contributed by atoms with Crippen molar-refractivity contribution in [1.29, 1.82) is 0 Å². The largest absolute Gasteiger partial charge is 0.465 e. The van der Waals surface area contributed by atoms with E-state index in [0.717, 1.165) is 41.5 Å². The normalized spacial score (nSPS) is 18.4. The second kappa shape index (κ2) is 7.83. The maximum Gasteiger partial charge on any atom is 0.319 e. The van der Waals surface area contributed by atoms with Crippen molar-refractivity contribution >= 4 is 39.3 Å². The molecule has 0 fully saturated rings. The fourth-order valence-electron chi connectivity index (χ4n) is 2.99. The molecular weight excluding hydrogens is 340 g/mol. The van der Waals surface area contributed by atoms with Crippen LogP contribution in [-0.2, 0) is 22.4 Å². The molecule has 0 aromatic carbocycles. The third-order valence-electron chi connectivity index (χ3n) is 4.42. The second-order valence-corrected chi connectivity index (χ2v) is 8.90. The van der Waals surface area contributed by atoms with Gasteiger partial charge < -0.3 is 4.74 Å². The minimum absolute atomic E-state index is 0.155. The number of thiophene rings is 1. The molecule has 0 amide bonds. The number of nitrogens with zero attached hydrogens (tertiary/aromatic N) is 2. The van der Waals surface area contributed by atoms with Gasteiger partial charge in [-0.05, 0) is 44.1 Å². The van der Waals surface area contributed by atoms with Crippen molar-refractivity contribution in [3.63, 3.8) is 0 Å². The number of hydrogen-bond acceptors (Lipinski definition) is 6. The van der Waals surface area contributed by atoms with E-state index < -0.39 is 0 Å². The number of carbonyl (C=O) groups is 1. The number of fused-ring (bicyclic) bond motifs is 3. The average molecular weight is 365 g/mol. The molecule has 0 saturated heterocycles. The maximum atomic E-state index is 12.1. The lowest BCUT2D eigenvalue weighted by atomic mass is 9.89. The molecule has 0 saturated carbocycles. The van der Waals surface area contributed by atoms with Crippen molar-refractivity contribution in [2.45, 2.75) is 63.2 Å². The number of carbonyl (C=O) groups excluding carboxylic acids is 1. The van der Waals surface area contributed by atoms with Crippen LogP contribution in [0.3, 0.4) is 0 Å². The first-order chi connectivity index (χ1) is 11.6. The zero-order chi connectivity index (χ0) is 17.1. The van der Waals surface area contributed by atoms with Gasteiger partial charge in [-0.2, -0.15) is 0 Å². The van der Waals surface area contributed by atoms with Crippen LogP contribution >= 0.6 is 23.1 Å². The Morgan fingerprint density at radius 2 is 2.33 bits per heavy atom. The van der Waals surface area contributed by atoms with Crippen LogP contribution in [0.25, 0.3) is 10.2 Å². The smallest absolute Gasteiger partial charge is 0.319 e. The van der Waals surface area contributed by atoms with Gasteiger partial charge in [0.25, 0.3) is 0 Å². The maximum absolute atomic E-state index is 12.1. The Balaban J connectivity index is 1.81. The van der Waals surface area contributed by atoms with Crippen LogP contribution in [0, 0.1) is 5.92 Å². The molecule has 2 unspecified atom stereocenters. The van der Waals surface area contributed by atoms with Crippen LogP contribution in [0.5, 0.6) is 0 Å². The topological polar surface area (TPSA) is 52.1 Å². The average Bonchev–Trinajstić information content (AvgIpc) is 2.93. The summed E-state index contributed by atoms with van der Waals surface area (Å²) in [6, 6.07) is 0. The molecule has 0 radical (unpaired) electrons. The molecule has 3 rings (SSSR count). The quantitative estimate of drug-likeness (QED) is 0.323. The monoisotopic (exact) mass is 364 g/mol. The van der Waals surface area contributed by atoms with Gasteiger partial charge in [0.1, 0.15) is 21.4 Å². The number of esters is 1. The number of aromatic nitrogens is 2. The summed E-state index contributed by atoms with van der Waals surface area (Å²) in [6.07, 6.45) is 7.00. The Bertz CT molecular complexity index is 729. The van der Waals surface area contributed by atoms with Crippen molar-refractivity contribution in [2.24, 2.45) is 5.92 Å². The predicted molar refractivity (Wildman–Crippen MR) is 99.8 cm³/mol. The molecular formula is C18H24N2O2S2. The van der Waals surface area contributed by atoms with E-state index in [0.29, 0.717) is 6.61 Å². The van der Waals surface area contributed by atoms with Crippen LogP contribution in [0.4, 0.5) is 0 Å². The summed E-state index contributed by atoms with van der Waals surface area (Å²) < 4.78 is 5.34. The van der Waals surface area contributed by atoms with Crippen molar-refractivity contribution in [3.8, 4) is 0 Å². The van der Waals surface area contributed by atoms with E-state index in [-0.39, 0.29) is 11.2 Å². The van der Waals surface area contributed by atoms with Crippen LogP contribution in [0.15, 0.2) is 11.4 Å². The van der Waals surface area contributed by atoms with Gasteiger partial charge in [0.15, 0.2) is 0 Å². The number of unbranched alkanes of at least 4 members (excludes halogenated alkanes) is 1. The fraction of sp³-hybridized carbons (Fsp3) is 0.611. The van der Waals surface area contributed by atoms with Crippen molar-refractivity contribution < 1.29 is 9.53 Å². The summed E-state index contributed by atoms with van der Waals surface area (Å²) in [5.41, 5.74) is 1.41. The van der Waals surface area contributed by atoms with Crippen molar-refractivity contribution in [2.75, 3.05) is 6.61 Å². The summed E-state index contributed by atoms with van der Waals surface area (Å²) in [6.45, 7) is 6.80. The van der Waals surface area contributed by atoms with Gasteiger partial charge in [-0.1, -0.05) is 32.0 Å². The fourth-order valence-corrected chi connectivity index (χ4v) is 5.35. The van der Waals surface area contributed by atoms with E-state index in [2.05, 4.69) is 23.8 Å². The van der Waals surface area contributed by atoms with Gasteiger partial charge in [-0.3, -0.25) is 4.79 Å². The first-order valence-corrected chi connectivity index (χ1v) is 10.4. The van der Waals surface area contributed by atoms with Gasteiger partial charge in [0.05, 0.1) is 6.61 Å². The molecule has 2 aromatic rings. The Hall–Kier alpha value is -1.14. The van der Waals surface area contributed by atoms with Gasteiger partial charge in [-0.15, -0.1) is 11.3 Å². The summed E-state index contributed by atoms with van der Waals surface area (Å²) in [5.74, 6) is 0.583. The van der Waals surface area contributed by atoms with Crippen LogP contribution in [-0.4, -0.2) is 27.8 Å². The van der Waals surface area contributed by atoms with Gasteiger partial charge in [0, 0.05) is 10.3 Å². The van der Waals surface area contributed by atoms with Gasteiger partial charge >= 0.3 is 5.97 Å². The standard InChI is InChI=1S/C18H24N2O2S2/c1-4-5-8-22-18(21)12(3)23-16-15-13-7-6-11(2)9-14(13)24-17(15)20-10-19-16/h10-12H,4-9H2,1-3H3. The molecule has 4 nitrogen and oxygen atoms in total. The number of ether oxygens (including phenoxy) is 1. The molecule has 6 heteroatoms. The summed E-state index contributed by atoms with van der Waals surface area (Å²) >= 11 is 3.29. The number of thioether (sulfide) groups is 1. The first-order valence-electron chi connectivity index (χ1n) is 8.68. The van der Waals surface area contributed by atoms with Crippen LogP contribution < -0.4 is 0 Å². The van der Waals surface area contributed by atoms with E-state index in [1.807, 2.05) is 6.92 Å². The highest BCUT2D eigenvalue weighted by atomic mass is 32.2. The first kappa shape index (κ1) is 17.7. The molecule has 24 heavy (non-hydrogen) atoms. The Kier molecular flexibility index (Phi) is 5.76. The predicted octanol–water partition coefficient (Wildman–Crippen LogP) is 4.64. The van der Waals surface area contributed by atoms with Gasteiger partial charge in [-0.25, -0.2) is 9.97 Å². The second-order valence-electron chi connectivity index (χ2n) is 6.49. The van der Waals surface area contributed by atoms with E-state index in [1.165, 1.54) is 34.0 Å². The molecule has 0 spiro atoms. The third-order valence-corrected chi connectivity index (χ3v) is 6.66. The molecule has 0 bridgehead atoms. The SMILES string of the molecule is CCCCOC(=O)C(C)Sc1ncnc2sc3c(c12)CCC(C)C3.